The van der Waals surface area contributed by atoms with Crippen LogP contribution in [0.2, 0.25) is 0 Å². The predicted octanol–water partition coefficient (Wildman–Crippen LogP) is 2.82. The van der Waals surface area contributed by atoms with E-state index in [2.05, 4.69) is 41.9 Å². The largest absolute Gasteiger partial charge is 0.351 e. The minimum atomic E-state index is -0.0656. The van der Waals surface area contributed by atoms with Gasteiger partial charge in [0.2, 0.25) is 0 Å². The van der Waals surface area contributed by atoms with Crippen LogP contribution in [0.4, 0.5) is 0 Å². The molecule has 0 radical (unpaired) electrons. The molecule has 0 unspecified atom stereocenters. The van der Waals surface area contributed by atoms with Crippen molar-refractivity contribution in [2.24, 2.45) is 5.73 Å². The van der Waals surface area contributed by atoms with E-state index in [0.717, 1.165) is 17.1 Å². The molecular formula is C17H24ClN3O. The zero-order valence-electron chi connectivity index (χ0n) is 13.6. The van der Waals surface area contributed by atoms with Crippen LogP contribution in [-0.4, -0.2) is 23.6 Å². The van der Waals surface area contributed by atoms with Crippen LogP contribution in [0.25, 0.3) is 5.69 Å². The van der Waals surface area contributed by atoms with Gasteiger partial charge in [-0.3, -0.25) is 4.79 Å². The number of aromatic nitrogens is 1. The fourth-order valence-corrected chi connectivity index (χ4v) is 2.75. The molecule has 0 aliphatic carbocycles. The molecule has 0 aliphatic rings. The molecule has 1 aromatic heterocycles. The highest BCUT2D eigenvalue weighted by atomic mass is 35.5. The van der Waals surface area contributed by atoms with Crippen LogP contribution in [0.3, 0.4) is 0 Å². The summed E-state index contributed by atoms with van der Waals surface area (Å²) in [7, 11) is 0. The van der Waals surface area contributed by atoms with Crippen molar-refractivity contribution in [1.29, 1.82) is 0 Å². The van der Waals surface area contributed by atoms with Crippen LogP contribution in [0, 0.1) is 27.7 Å². The Kier molecular flexibility index (Phi) is 6.21. The number of nitrogens with one attached hydrogen (secondary N) is 1. The third-order valence-electron chi connectivity index (χ3n) is 3.57. The Morgan fingerprint density at radius 2 is 1.68 bits per heavy atom. The number of carbonyl (C=O) groups is 1. The number of amides is 1. The van der Waals surface area contributed by atoms with Crippen LogP contribution in [-0.2, 0) is 0 Å². The molecule has 2 rings (SSSR count). The zero-order valence-corrected chi connectivity index (χ0v) is 14.4. The number of carbonyl (C=O) groups excluding carboxylic acids is 1. The molecule has 0 fully saturated rings. The Hall–Kier alpha value is -1.78. The Bertz CT molecular complexity index is 657. The van der Waals surface area contributed by atoms with Crippen LogP contribution >= 0.6 is 12.4 Å². The van der Waals surface area contributed by atoms with Gasteiger partial charge in [0.25, 0.3) is 5.91 Å². The second kappa shape index (κ2) is 7.47. The lowest BCUT2D eigenvalue weighted by atomic mass is 10.1. The van der Waals surface area contributed by atoms with Crippen molar-refractivity contribution < 1.29 is 4.79 Å². The molecule has 0 saturated heterocycles. The first-order valence-electron chi connectivity index (χ1n) is 7.20. The van der Waals surface area contributed by atoms with Crippen molar-refractivity contribution in [3.63, 3.8) is 0 Å². The molecule has 4 nitrogen and oxygen atoms in total. The van der Waals surface area contributed by atoms with Gasteiger partial charge in [0, 0.05) is 30.2 Å². The van der Waals surface area contributed by atoms with Crippen LogP contribution in [0.1, 0.15) is 32.9 Å². The first-order chi connectivity index (χ1) is 9.93. The van der Waals surface area contributed by atoms with Crippen LogP contribution in [0.15, 0.2) is 24.3 Å². The molecule has 0 bridgehead atoms. The lowest BCUT2D eigenvalue weighted by Gasteiger charge is -2.12. The number of hydrogen-bond acceptors (Lipinski definition) is 2. The molecule has 120 valence electrons. The molecule has 1 aromatic carbocycles. The van der Waals surface area contributed by atoms with E-state index < -0.39 is 0 Å². The van der Waals surface area contributed by atoms with E-state index in [-0.39, 0.29) is 18.3 Å². The molecule has 2 aromatic rings. The number of nitrogens with two attached hydrogens (primary N) is 1. The van der Waals surface area contributed by atoms with Gasteiger partial charge in [-0.2, -0.15) is 0 Å². The topological polar surface area (TPSA) is 60.0 Å². The summed E-state index contributed by atoms with van der Waals surface area (Å²) in [4.78, 5) is 12.2. The highest BCUT2D eigenvalue weighted by Gasteiger charge is 2.16. The van der Waals surface area contributed by atoms with Gasteiger partial charge >= 0.3 is 0 Å². The Balaban J connectivity index is 0.00000242. The molecular weight excluding hydrogens is 298 g/mol. The van der Waals surface area contributed by atoms with Crippen molar-refractivity contribution in [3.8, 4) is 5.69 Å². The average Bonchev–Trinajstić information content (AvgIpc) is 2.70. The van der Waals surface area contributed by atoms with Crippen molar-refractivity contribution in [1.82, 2.24) is 9.88 Å². The van der Waals surface area contributed by atoms with Gasteiger partial charge in [0.15, 0.2) is 0 Å². The van der Waals surface area contributed by atoms with E-state index in [4.69, 9.17) is 5.73 Å². The summed E-state index contributed by atoms with van der Waals surface area (Å²) < 4.78 is 2.12. The maximum absolute atomic E-state index is 12.2. The fraction of sp³-hybridized carbons (Fsp3) is 0.353. The lowest BCUT2D eigenvalue weighted by Crippen LogP contribution is -2.29. The summed E-state index contributed by atoms with van der Waals surface area (Å²) in [5.41, 5.74) is 11.7. The SMILES string of the molecule is Cc1cc(C)cc(-n2c(C)cc(C(=O)NCCN)c2C)c1.Cl. The number of nitrogens with zero attached hydrogens (tertiary/aromatic N) is 1. The first-order valence-corrected chi connectivity index (χ1v) is 7.20. The number of benzene rings is 1. The normalized spacial score (nSPS) is 10.2. The first kappa shape index (κ1) is 18.3. The molecule has 3 N–H and O–H groups in total. The van der Waals surface area contributed by atoms with E-state index in [9.17, 15) is 4.79 Å². The second-order valence-corrected chi connectivity index (χ2v) is 5.51. The number of aryl methyl sites for hydroxylation is 3. The Labute approximate surface area is 138 Å². The van der Waals surface area contributed by atoms with E-state index in [0.29, 0.717) is 18.7 Å². The monoisotopic (exact) mass is 321 g/mol. The van der Waals surface area contributed by atoms with Gasteiger partial charge in [-0.05, 0) is 57.0 Å². The van der Waals surface area contributed by atoms with Crippen molar-refractivity contribution in [2.75, 3.05) is 13.1 Å². The fourth-order valence-electron chi connectivity index (χ4n) is 2.75. The van der Waals surface area contributed by atoms with Crippen molar-refractivity contribution >= 4 is 18.3 Å². The van der Waals surface area contributed by atoms with Crippen LogP contribution in [0.5, 0.6) is 0 Å². The molecule has 1 amide bonds. The standard InChI is InChI=1S/C17H23N3O.ClH/c1-11-7-12(2)9-15(8-11)20-13(3)10-16(14(20)4)17(21)19-6-5-18;/h7-10H,5-6,18H2,1-4H3,(H,19,21);1H. The van der Waals surface area contributed by atoms with Gasteiger partial charge in [-0.1, -0.05) is 6.07 Å². The minimum Gasteiger partial charge on any atom is -0.351 e. The molecule has 0 atom stereocenters. The quantitative estimate of drug-likeness (QED) is 0.909. The number of rotatable bonds is 4. The predicted molar refractivity (Wildman–Crippen MR) is 93.4 cm³/mol. The van der Waals surface area contributed by atoms with E-state index in [1.807, 2.05) is 19.9 Å². The van der Waals surface area contributed by atoms with Gasteiger partial charge in [-0.25, -0.2) is 0 Å². The maximum atomic E-state index is 12.2. The lowest BCUT2D eigenvalue weighted by molar-refractivity contribution is 0.0954. The summed E-state index contributed by atoms with van der Waals surface area (Å²) in [5, 5.41) is 2.83. The maximum Gasteiger partial charge on any atom is 0.253 e. The molecule has 1 heterocycles. The Morgan fingerprint density at radius 1 is 1.09 bits per heavy atom. The molecule has 5 heteroatoms. The Morgan fingerprint density at radius 3 is 2.23 bits per heavy atom. The number of halogens is 1. The number of hydrogen-bond donors (Lipinski definition) is 2. The average molecular weight is 322 g/mol. The summed E-state index contributed by atoms with van der Waals surface area (Å²) in [6.45, 7) is 9.10. The summed E-state index contributed by atoms with van der Waals surface area (Å²) >= 11 is 0. The zero-order chi connectivity index (χ0) is 15.6. The van der Waals surface area contributed by atoms with Gasteiger partial charge in [-0.15, -0.1) is 12.4 Å². The third kappa shape index (κ3) is 3.70. The van der Waals surface area contributed by atoms with Gasteiger partial charge < -0.3 is 15.6 Å². The molecule has 22 heavy (non-hydrogen) atoms. The van der Waals surface area contributed by atoms with E-state index in [1.165, 1.54) is 11.1 Å². The van der Waals surface area contributed by atoms with Crippen molar-refractivity contribution in [2.45, 2.75) is 27.7 Å². The van der Waals surface area contributed by atoms with E-state index >= 15 is 0 Å². The molecule has 0 saturated carbocycles. The van der Waals surface area contributed by atoms with E-state index in [1.54, 1.807) is 0 Å². The summed E-state index contributed by atoms with van der Waals surface area (Å²) in [5.74, 6) is -0.0656. The minimum absolute atomic E-state index is 0. The molecule has 0 spiro atoms. The highest BCUT2D eigenvalue weighted by Crippen LogP contribution is 2.22. The smallest absolute Gasteiger partial charge is 0.253 e. The molecule has 0 aliphatic heterocycles. The van der Waals surface area contributed by atoms with Crippen LogP contribution < -0.4 is 11.1 Å². The van der Waals surface area contributed by atoms with Gasteiger partial charge in [0.1, 0.15) is 0 Å². The summed E-state index contributed by atoms with van der Waals surface area (Å²) in [6.07, 6.45) is 0. The third-order valence-corrected chi connectivity index (χ3v) is 3.57. The van der Waals surface area contributed by atoms with Crippen molar-refractivity contribution in [3.05, 3.63) is 52.3 Å². The van der Waals surface area contributed by atoms with Gasteiger partial charge in [0.05, 0.1) is 5.56 Å². The summed E-state index contributed by atoms with van der Waals surface area (Å²) in [6, 6.07) is 8.34. The highest BCUT2D eigenvalue weighted by molar-refractivity contribution is 5.95. The second-order valence-electron chi connectivity index (χ2n) is 5.51.